The quantitative estimate of drug-likeness (QED) is 0.441. The number of hydrogen-bond donors (Lipinski definition) is 1. The van der Waals surface area contributed by atoms with Crippen molar-refractivity contribution in [3.05, 3.63) is 0 Å². The van der Waals surface area contributed by atoms with Gasteiger partial charge >= 0.3 is 6.16 Å². The molecule has 0 radical (unpaired) electrons. The first-order chi connectivity index (χ1) is 4.57. The van der Waals surface area contributed by atoms with E-state index in [4.69, 9.17) is 5.11 Å². The first-order valence-electron chi connectivity index (χ1n) is 2.43. The third-order valence-corrected chi connectivity index (χ3v) is 1.42. The maximum atomic E-state index is 10.0. The van der Waals surface area contributed by atoms with E-state index in [0.717, 1.165) is 0 Å². The zero-order chi connectivity index (χ0) is 8.15. The highest BCUT2D eigenvalue weighted by molar-refractivity contribution is 7.72. The van der Waals surface area contributed by atoms with E-state index in [-0.39, 0.29) is 6.42 Å². The molecule has 0 aliphatic carbocycles. The van der Waals surface area contributed by atoms with Crippen LogP contribution in [0.3, 0.4) is 0 Å². The Morgan fingerprint density at radius 1 is 1.60 bits per heavy atom. The lowest BCUT2D eigenvalue weighted by Gasteiger charge is -1.93. The van der Waals surface area contributed by atoms with Crippen LogP contribution in [0, 0.1) is 0 Å². The summed E-state index contributed by atoms with van der Waals surface area (Å²) in [7, 11) is -2.56. The molecule has 0 spiro atoms. The number of rotatable bonds is 1. The van der Waals surface area contributed by atoms with E-state index in [1.807, 2.05) is 0 Å². The van der Waals surface area contributed by atoms with Crippen LogP contribution in [0.5, 0.6) is 0 Å². The lowest BCUT2D eigenvalue weighted by molar-refractivity contribution is 0.141. The number of hydrogen-bond acceptors (Lipinski definition) is 4. The second-order valence-electron chi connectivity index (χ2n) is 1.33. The topological polar surface area (TPSA) is 80.7 Å². The van der Waals surface area contributed by atoms with Crippen molar-refractivity contribution in [3.63, 3.8) is 0 Å². The zero-order valence-corrected chi connectivity index (χ0v) is 6.01. The SMILES string of the molecule is CCC(OC(=O)O)=S(=O)=O. The molecule has 0 aliphatic rings. The Hall–Kier alpha value is -1.04. The van der Waals surface area contributed by atoms with Gasteiger partial charge in [0.25, 0.3) is 10.3 Å². The molecule has 0 saturated heterocycles. The highest BCUT2D eigenvalue weighted by atomic mass is 32.2. The van der Waals surface area contributed by atoms with Gasteiger partial charge in [0.2, 0.25) is 5.05 Å². The molecular formula is C4H6O5S. The van der Waals surface area contributed by atoms with E-state index in [9.17, 15) is 13.2 Å². The standard InChI is InChI=1S/C4H6O5S/c1-2-3(10(7)8)9-4(5)6/h2H2,1H3,(H,5,6). The monoisotopic (exact) mass is 166 g/mol. The predicted octanol–water partition coefficient (Wildman–Crippen LogP) is 0.100. The summed E-state index contributed by atoms with van der Waals surface area (Å²) in [4.78, 5) is 9.76. The largest absolute Gasteiger partial charge is 0.512 e. The van der Waals surface area contributed by atoms with Crippen molar-refractivity contribution in [2.24, 2.45) is 0 Å². The molecule has 0 atom stereocenters. The molecule has 1 N–H and O–H groups in total. The molecule has 0 rings (SSSR count). The van der Waals surface area contributed by atoms with Crippen molar-refractivity contribution in [1.29, 1.82) is 0 Å². The van der Waals surface area contributed by atoms with E-state index in [0.29, 0.717) is 0 Å². The summed E-state index contributed by atoms with van der Waals surface area (Å²) < 4.78 is 24.0. The summed E-state index contributed by atoms with van der Waals surface area (Å²) >= 11 is 0. The molecule has 0 aromatic heterocycles. The van der Waals surface area contributed by atoms with Crippen molar-refractivity contribution in [3.8, 4) is 0 Å². The van der Waals surface area contributed by atoms with Gasteiger partial charge in [-0.2, -0.15) is 8.42 Å². The van der Waals surface area contributed by atoms with Crippen LogP contribution in [-0.2, 0) is 15.0 Å². The van der Waals surface area contributed by atoms with Crippen molar-refractivity contribution in [2.45, 2.75) is 13.3 Å². The van der Waals surface area contributed by atoms with Crippen molar-refractivity contribution < 1.29 is 23.1 Å². The molecule has 0 fully saturated rings. The van der Waals surface area contributed by atoms with Gasteiger partial charge in [0, 0.05) is 6.42 Å². The van der Waals surface area contributed by atoms with E-state index >= 15 is 0 Å². The second kappa shape index (κ2) is 3.89. The van der Waals surface area contributed by atoms with Gasteiger partial charge in [-0.1, -0.05) is 6.92 Å². The van der Waals surface area contributed by atoms with Gasteiger partial charge in [-0.15, -0.1) is 0 Å². The number of ether oxygens (including phenoxy) is 1. The number of carboxylic acid groups (broad SMARTS) is 1. The minimum atomic E-state index is -2.56. The molecule has 0 unspecified atom stereocenters. The van der Waals surface area contributed by atoms with Gasteiger partial charge in [0.15, 0.2) is 0 Å². The van der Waals surface area contributed by atoms with Crippen LogP contribution in [0.2, 0.25) is 0 Å². The van der Waals surface area contributed by atoms with E-state index in [2.05, 4.69) is 4.74 Å². The van der Waals surface area contributed by atoms with Crippen LogP contribution >= 0.6 is 0 Å². The van der Waals surface area contributed by atoms with E-state index in [1.165, 1.54) is 6.92 Å². The maximum Gasteiger partial charge on any atom is 0.512 e. The zero-order valence-electron chi connectivity index (χ0n) is 5.20. The molecule has 0 bridgehead atoms. The van der Waals surface area contributed by atoms with Crippen LogP contribution in [0.25, 0.3) is 0 Å². The van der Waals surface area contributed by atoms with Gasteiger partial charge in [0.05, 0.1) is 0 Å². The Kier molecular flexibility index (Phi) is 3.48. The van der Waals surface area contributed by atoms with Crippen LogP contribution < -0.4 is 0 Å². The minimum absolute atomic E-state index is 0.0441. The maximum absolute atomic E-state index is 10.0. The second-order valence-corrected chi connectivity index (χ2v) is 2.25. The normalized spacial score (nSPS) is 8.50. The van der Waals surface area contributed by atoms with Crippen molar-refractivity contribution in [2.75, 3.05) is 0 Å². The van der Waals surface area contributed by atoms with Crippen molar-refractivity contribution in [1.82, 2.24) is 0 Å². The lowest BCUT2D eigenvalue weighted by atomic mass is 10.5. The highest BCUT2D eigenvalue weighted by Gasteiger charge is 2.04. The molecule has 10 heavy (non-hydrogen) atoms. The van der Waals surface area contributed by atoms with Crippen molar-refractivity contribution >= 4 is 21.5 Å². The summed E-state index contributed by atoms with van der Waals surface area (Å²) in [6, 6.07) is 0. The van der Waals surface area contributed by atoms with Gasteiger partial charge in [-0.3, -0.25) is 0 Å². The fourth-order valence-corrected chi connectivity index (χ4v) is 0.696. The van der Waals surface area contributed by atoms with Gasteiger partial charge in [0.1, 0.15) is 0 Å². The molecule has 58 valence electrons. The summed E-state index contributed by atoms with van der Waals surface area (Å²) in [5.41, 5.74) is 0. The average Bonchev–Trinajstić information content (AvgIpc) is 1.81. The summed E-state index contributed by atoms with van der Waals surface area (Å²) in [6.45, 7) is 1.48. The van der Waals surface area contributed by atoms with E-state index < -0.39 is 21.5 Å². The molecule has 6 heteroatoms. The van der Waals surface area contributed by atoms with E-state index in [1.54, 1.807) is 0 Å². The predicted molar refractivity (Wildman–Crippen MR) is 33.3 cm³/mol. The Bertz CT molecular complexity index is 241. The average molecular weight is 166 g/mol. The Morgan fingerprint density at radius 2 is 2.10 bits per heavy atom. The van der Waals surface area contributed by atoms with Gasteiger partial charge in [-0.05, 0) is 0 Å². The van der Waals surface area contributed by atoms with Crippen LogP contribution in [0.1, 0.15) is 13.3 Å². The molecule has 0 heterocycles. The van der Waals surface area contributed by atoms with Gasteiger partial charge < -0.3 is 9.84 Å². The van der Waals surface area contributed by atoms with Crippen LogP contribution in [0.15, 0.2) is 0 Å². The Balaban J connectivity index is 4.42. The molecule has 0 aliphatic heterocycles. The summed E-state index contributed by atoms with van der Waals surface area (Å²) in [5.74, 6) is 0. The highest BCUT2D eigenvalue weighted by Crippen LogP contribution is 1.85. The lowest BCUT2D eigenvalue weighted by Crippen LogP contribution is -2.09. The molecular weight excluding hydrogens is 160 g/mol. The first kappa shape index (κ1) is 8.96. The Morgan fingerprint density at radius 3 is 2.20 bits per heavy atom. The fourth-order valence-electron chi connectivity index (χ4n) is 0.321. The third-order valence-electron chi connectivity index (χ3n) is 0.676. The molecule has 0 aromatic rings. The van der Waals surface area contributed by atoms with Gasteiger partial charge in [-0.25, -0.2) is 4.79 Å². The molecule has 0 saturated carbocycles. The fraction of sp³-hybridized carbons (Fsp3) is 0.500. The summed E-state index contributed by atoms with van der Waals surface area (Å²) in [5, 5.41) is 7.48. The Labute approximate surface area is 58.8 Å². The third kappa shape index (κ3) is 3.08. The molecule has 0 aromatic carbocycles. The minimum Gasteiger partial charge on any atom is -0.449 e. The van der Waals surface area contributed by atoms with Crippen LogP contribution in [0.4, 0.5) is 4.79 Å². The first-order valence-corrected chi connectivity index (χ1v) is 3.51. The number of carbonyl (C=O) groups is 1. The molecule has 0 amide bonds. The summed E-state index contributed by atoms with van der Waals surface area (Å²) in [6.07, 6.45) is -1.57. The molecule has 5 nitrogen and oxygen atoms in total. The smallest absolute Gasteiger partial charge is 0.449 e. The van der Waals surface area contributed by atoms with Crippen LogP contribution in [-0.4, -0.2) is 24.7 Å².